The van der Waals surface area contributed by atoms with Crippen LogP contribution in [-0.2, 0) is 12.6 Å². The molecule has 5 rings (SSSR count). The van der Waals surface area contributed by atoms with Crippen LogP contribution in [0.2, 0.25) is 0 Å². The van der Waals surface area contributed by atoms with E-state index < -0.39 is 11.7 Å². The summed E-state index contributed by atoms with van der Waals surface area (Å²) in [6.07, 6.45) is -0.165. The summed E-state index contributed by atoms with van der Waals surface area (Å²) in [5.41, 5.74) is 8.53. The second-order valence-electron chi connectivity index (χ2n) is 8.86. The number of fused-ring (bicyclic) bond motifs is 3. The average Bonchev–Trinajstić information content (AvgIpc) is 3.34. The summed E-state index contributed by atoms with van der Waals surface area (Å²) >= 11 is 5.41. The number of thiocarbonyl (C=S) groups is 1. The fourth-order valence-electron chi connectivity index (χ4n) is 4.43. The second-order valence-corrected chi connectivity index (χ2v) is 9.27. The first kappa shape index (κ1) is 25.4. The number of para-hydroxylation sites is 1. The molecule has 9 heteroatoms. The van der Waals surface area contributed by atoms with Gasteiger partial charge in [-0.05, 0) is 84.0 Å². The third-order valence-corrected chi connectivity index (χ3v) is 6.58. The molecule has 0 atom stereocenters. The normalized spacial score (nSPS) is 11.9. The molecule has 5 nitrogen and oxygen atoms in total. The smallest absolute Gasteiger partial charge is 0.331 e. The first-order valence-electron chi connectivity index (χ1n) is 12.0. The van der Waals surface area contributed by atoms with Gasteiger partial charge in [0.15, 0.2) is 5.11 Å². The van der Waals surface area contributed by atoms with E-state index in [2.05, 4.69) is 33.8 Å². The van der Waals surface area contributed by atoms with E-state index in [-0.39, 0.29) is 0 Å². The Hall–Kier alpha value is -4.24. The van der Waals surface area contributed by atoms with Gasteiger partial charge in [-0.3, -0.25) is 9.99 Å². The van der Waals surface area contributed by atoms with Crippen LogP contribution in [-0.4, -0.2) is 20.9 Å². The van der Waals surface area contributed by atoms with Crippen molar-refractivity contribution in [2.24, 2.45) is 5.10 Å². The average molecular weight is 532 g/mol. The number of hydrogen-bond donors (Lipinski definition) is 2. The number of hydrogen-bond acceptors (Lipinski definition) is 3. The molecule has 0 amide bonds. The number of nitrogens with zero attached hydrogens (tertiary/aromatic N) is 3. The topological polar surface area (TPSA) is 54.2 Å². The second kappa shape index (κ2) is 10.3. The van der Waals surface area contributed by atoms with E-state index in [0.29, 0.717) is 10.8 Å². The predicted octanol–water partition coefficient (Wildman–Crippen LogP) is 7.39. The number of rotatable bonds is 5. The number of halogens is 3. The van der Waals surface area contributed by atoms with Gasteiger partial charge in [-0.2, -0.15) is 18.3 Å². The molecule has 5 aromatic rings. The molecule has 1 heterocycles. The van der Waals surface area contributed by atoms with Crippen molar-refractivity contribution < 1.29 is 13.2 Å². The molecule has 0 aliphatic rings. The molecule has 0 bridgehead atoms. The summed E-state index contributed by atoms with van der Waals surface area (Å²) in [6.45, 7) is 4.13. The van der Waals surface area contributed by atoms with E-state index in [4.69, 9.17) is 12.2 Å². The lowest BCUT2D eigenvalue weighted by Crippen LogP contribution is -2.25. The van der Waals surface area contributed by atoms with E-state index >= 15 is 0 Å². The van der Waals surface area contributed by atoms with Gasteiger partial charge in [0.2, 0.25) is 0 Å². The van der Waals surface area contributed by atoms with Crippen LogP contribution < -0.4 is 10.7 Å². The van der Waals surface area contributed by atoms with Crippen molar-refractivity contribution in [2.45, 2.75) is 26.4 Å². The summed E-state index contributed by atoms with van der Waals surface area (Å²) in [5, 5.41) is 9.82. The Morgan fingerprint density at radius 1 is 1.05 bits per heavy atom. The minimum atomic E-state index is -4.37. The summed E-state index contributed by atoms with van der Waals surface area (Å²) in [4.78, 5) is 4.54. The Morgan fingerprint density at radius 2 is 1.84 bits per heavy atom. The van der Waals surface area contributed by atoms with Crippen molar-refractivity contribution in [1.29, 1.82) is 0 Å². The van der Waals surface area contributed by atoms with Gasteiger partial charge in [0.1, 0.15) is 6.33 Å². The molecule has 1 aromatic heterocycles. The van der Waals surface area contributed by atoms with Gasteiger partial charge < -0.3 is 5.32 Å². The van der Waals surface area contributed by atoms with Gasteiger partial charge in [0, 0.05) is 16.8 Å². The molecular formula is C29H24F3N5S. The zero-order valence-electron chi connectivity index (χ0n) is 20.7. The number of hydrazone groups is 1. The van der Waals surface area contributed by atoms with Gasteiger partial charge >= 0.3 is 6.18 Å². The lowest BCUT2D eigenvalue weighted by molar-refractivity contribution is -0.137. The van der Waals surface area contributed by atoms with E-state index in [9.17, 15) is 13.2 Å². The molecule has 4 aromatic carbocycles. The fraction of sp³-hybridized carbons (Fsp3) is 0.138. The summed E-state index contributed by atoms with van der Waals surface area (Å²) in [5.74, 6) is 0. The van der Waals surface area contributed by atoms with Crippen LogP contribution in [0.15, 0.2) is 84.2 Å². The Morgan fingerprint density at radius 3 is 2.58 bits per heavy atom. The maximum absolute atomic E-state index is 12.9. The summed E-state index contributed by atoms with van der Waals surface area (Å²) in [6, 6.07) is 20.9. The third-order valence-electron chi connectivity index (χ3n) is 6.39. The van der Waals surface area contributed by atoms with Crippen LogP contribution in [0.25, 0.3) is 27.5 Å². The van der Waals surface area contributed by atoms with Crippen LogP contribution in [0.4, 0.5) is 18.9 Å². The molecule has 0 fully saturated rings. The summed E-state index contributed by atoms with van der Waals surface area (Å²) in [7, 11) is 0. The van der Waals surface area contributed by atoms with Gasteiger partial charge in [-0.25, -0.2) is 4.98 Å². The Bertz CT molecular complexity index is 1670. The monoisotopic (exact) mass is 531 g/mol. The maximum Gasteiger partial charge on any atom is 0.416 e. The fourth-order valence-corrected chi connectivity index (χ4v) is 4.59. The minimum Gasteiger partial charge on any atom is -0.331 e. The molecule has 0 saturated heterocycles. The first-order chi connectivity index (χ1) is 18.2. The van der Waals surface area contributed by atoms with Crippen molar-refractivity contribution >= 4 is 51.0 Å². The molecule has 38 heavy (non-hydrogen) atoms. The molecule has 2 N–H and O–H groups in total. The van der Waals surface area contributed by atoms with E-state index in [0.717, 1.165) is 57.2 Å². The molecule has 0 radical (unpaired) electrons. The van der Waals surface area contributed by atoms with Crippen molar-refractivity contribution in [3.8, 4) is 5.69 Å². The van der Waals surface area contributed by atoms with Gasteiger partial charge in [0.05, 0.1) is 22.8 Å². The number of benzene rings is 4. The van der Waals surface area contributed by atoms with E-state index in [1.165, 1.54) is 17.7 Å². The number of aryl methyl sites for hydroxylation is 2. The van der Waals surface area contributed by atoms with Crippen LogP contribution in [0.3, 0.4) is 0 Å². The van der Waals surface area contributed by atoms with Crippen molar-refractivity contribution in [2.75, 3.05) is 5.32 Å². The lowest BCUT2D eigenvalue weighted by atomic mass is 10.1. The van der Waals surface area contributed by atoms with Gasteiger partial charge in [-0.15, -0.1) is 0 Å². The Labute approximate surface area is 223 Å². The number of alkyl halides is 3. The lowest BCUT2D eigenvalue weighted by Gasteiger charge is -2.14. The van der Waals surface area contributed by atoms with Gasteiger partial charge in [0.25, 0.3) is 0 Å². The molecule has 0 aliphatic carbocycles. The number of nitrogens with one attached hydrogen (secondary N) is 2. The molecule has 0 saturated carbocycles. The third kappa shape index (κ3) is 5.10. The highest BCUT2D eigenvalue weighted by Crippen LogP contribution is 2.31. The molecule has 192 valence electrons. The number of aromatic nitrogens is 2. The largest absolute Gasteiger partial charge is 0.416 e. The quantitative estimate of drug-likeness (QED) is 0.141. The van der Waals surface area contributed by atoms with Crippen molar-refractivity contribution in [1.82, 2.24) is 15.0 Å². The van der Waals surface area contributed by atoms with Crippen LogP contribution in [0.1, 0.15) is 29.2 Å². The van der Waals surface area contributed by atoms with Crippen molar-refractivity contribution in [3.63, 3.8) is 0 Å². The molecule has 0 unspecified atom stereocenters. The molecule has 0 spiro atoms. The van der Waals surface area contributed by atoms with Crippen LogP contribution >= 0.6 is 12.2 Å². The molecular weight excluding hydrogens is 507 g/mol. The number of anilines is 1. The van der Waals surface area contributed by atoms with Crippen molar-refractivity contribution in [3.05, 3.63) is 101 Å². The standard InChI is InChI=1S/C29H24F3N5S/c1-3-20-6-4-5-18(2)26(20)35-28(38)36-34-16-19-7-13-24-21(15-19)8-14-25-27(24)33-17-37(25)23-11-9-22(10-12-23)29(30,31)32/h4-17H,3H2,1-2H3,(H2,35,36,38). The SMILES string of the molecule is CCc1cccc(C)c1NC(=S)NN=Cc1ccc2c(ccc3c2ncn3-c2ccc(C(F)(F)F)cc2)c1. The van der Waals surface area contributed by atoms with Crippen LogP contribution in [0.5, 0.6) is 0 Å². The zero-order chi connectivity index (χ0) is 26.9. The van der Waals surface area contributed by atoms with E-state index in [1.54, 1.807) is 17.1 Å². The first-order valence-corrected chi connectivity index (χ1v) is 12.4. The van der Waals surface area contributed by atoms with Gasteiger partial charge in [-0.1, -0.05) is 43.3 Å². The predicted molar refractivity (Wildman–Crippen MR) is 151 cm³/mol. The zero-order valence-corrected chi connectivity index (χ0v) is 21.5. The van der Waals surface area contributed by atoms with Crippen LogP contribution in [0, 0.1) is 6.92 Å². The maximum atomic E-state index is 12.9. The Balaban J connectivity index is 1.33. The number of imidazole rings is 1. The summed E-state index contributed by atoms with van der Waals surface area (Å²) < 4.78 is 40.6. The molecule has 0 aliphatic heterocycles. The highest BCUT2D eigenvalue weighted by atomic mass is 32.1. The highest BCUT2D eigenvalue weighted by molar-refractivity contribution is 7.80. The van der Waals surface area contributed by atoms with E-state index in [1.807, 2.05) is 49.4 Å². The highest BCUT2D eigenvalue weighted by Gasteiger charge is 2.30. The minimum absolute atomic E-state index is 0.404. The Kier molecular flexibility index (Phi) is 6.86.